The lowest BCUT2D eigenvalue weighted by atomic mass is 10.3. The van der Waals surface area contributed by atoms with E-state index in [9.17, 15) is 8.42 Å². The molecule has 0 aliphatic heterocycles. The van der Waals surface area contributed by atoms with Crippen molar-refractivity contribution in [1.82, 2.24) is 10.0 Å². The fourth-order valence-electron chi connectivity index (χ4n) is 1.73. The van der Waals surface area contributed by atoms with Gasteiger partial charge in [-0.15, -0.1) is 0 Å². The van der Waals surface area contributed by atoms with Crippen molar-refractivity contribution in [2.75, 3.05) is 26.0 Å². The monoisotopic (exact) mass is 278 g/mol. The van der Waals surface area contributed by atoms with E-state index < -0.39 is 10.0 Å². The summed E-state index contributed by atoms with van der Waals surface area (Å²) in [5.74, 6) is 0.219. The molecule has 1 unspecified atom stereocenters. The molecule has 0 heterocycles. The highest BCUT2D eigenvalue weighted by atomic mass is 32.2. The summed E-state index contributed by atoms with van der Waals surface area (Å²) in [7, 11) is -1.51. The van der Waals surface area contributed by atoms with Crippen molar-refractivity contribution in [2.45, 2.75) is 51.1 Å². The molecule has 1 fully saturated rings. The molecule has 1 aliphatic rings. The molecule has 6 heteroatoms. The highest BCUT2D eigenvalue weighted by molar-refractivity contribution is 7.89. The molecule has 108 valence electrons. The lowest BCUT2D eigenvalue weighted by Crippen LogP contribution is -2.35. The number of methoxy groups -OCH3 is 1. The summed E-state index contributed by atoms with van der Waals surface area (Å²) in [6, 6.07) is 0.647. The van der Waals surface area contributed by atoms with Crippen LogP contribution in [0, 0.1) is 0 Å². The van der Waals surface area contributed by atoms with E-state index in [0.29, 0.717) is 25.5 Å². The normalized spacial score (nSPS) is 17.9. The molecule has 1 aliphatic carbocycles. The summed E-state index contributed by atoms with van der Waals surface area (Å²) in [5, 5.41) is 3.38. The molecule has 0 aromatic carbocycles. The first-order chi connectivity index (χ1) is 8.53. The zero-order chi connectivity index (χ0) is 13.4. The Labute approximate surface area is 111 Å². The Kier molecular flexibility index (Phi) is 7.14. The second-order valence-electron chi connectivity index (χ2n) is 5.05. The second kappa shape index (κ2) is 8.09. The zero-order valence-corrected chi connectivity index (χ0v) is 12.3. The number of sulfonamides is 1. The summed E-state index contributed by atoms with van der Waals surface area (Å²) in [6.45, 7) is 3.37. The van der Waals surface area contributed by atoms with Crippen LogP contribution < -0.4 is 10.0 Å². The molecule has 0 amide bonds. The third-order valence-corrected chi connectivity index (χ3v) is 4.57. The topological polar surface area (TPSA) is 67.4 Å². The molecule has 18 heavy (non-hydrogen) atoms. The first-order valence-corrected chi connectivity index (χ1v) is 8.41. The fraction of sp³-hybridized carbons (Fsp3) is 1.00. The van der Waals surface area contributed by atoms with E-state index in [2.05, 4.69) is 10.0 Å². The van der Waals surface area contributed by atoms with Crippen LogP contribution in [0.1, 0.15) is 39.0 Å². The molecule has 1 rings (SSSR count). The Morgan fingerprint density at radius 2 is 2.06 bits per heavy atom. The molecular formula is C12H26N2O3S. The largest absolute Gasteiger partial charge is 0.385 e. The Bertz CT molecular complexity index is 315. The molecule has 5 nitrogen and oxygen atoms in total. The minimum Gasteiger partial charge on any atom is -0.385 e. The van der Waals surface area contributed by atoms with Crippen molar-refractivity contribution in [3.8, 4) is 0 Å². The lowest BCUT2D eigenvalue weighted by molar-refractivity contribution is 0.188. The lowest BCUT2D eigenvalue weighted by Gasteiger charge is -2.13. The third kappa shape index (κ3) is 8.02. The summed E-state index contributed by atoms with van der Waals surface area (Å²) < 4.78 is 31.1. The van der Waals surface area contributed by atoms with Crippen LogP contribution in [0.15, 0.2) is 0 Å². The standard InChI is InChI=1S/C12H26N2O3S/c1-11(7-9-17-2)14-18(15,16)10-4-3-8-13-12-5-6-12/h11-14H,3-10H2,1-2H3. The summed E-state index contributed by atoms with van der Waals surface area (Å²) in [4.78, 5) is 0. The molecule has 0 saturated heterocycles. The Morgan fingerprint density at radius 1 is 1.33 bits per heavy atom. The summed E-state index contributed by atoms with van der Waals surface area (Å²) in [6.07, 6.45) is 4.89. The Morgan fingerprint density at radius 3 is 2.67 bits per heavy atom. The smallest absolute Gasteiger partial charge is 0.211 e. The highest BCUT2D eigenvalue weighted by Gasteiger charge is 2.19. The van der Waals surface area contributed by atoms with Gasteiger partial charge in [-0.1, -0.05) is 0 Å². The Balaban J connectivity index is 2.05. The maximum atomic E-state index is 11.7. The summed E-state index contributed by atoms with van der Waals surface area (Å²) >= 11 is 0. The van der Waals surface area contributed by atoms with Crippen molar-refractivity contribution < 1.29 is 13.2 Å². The van der Waals surface area contributed by atoms with E-state index in [1.54, 1.807) is 7.11 Å². The van der Waals surface area contributed by atoms with Gasteiger partial charge in [0.1, 0.15) is 0 Å². The van der Waals surface area contributed by atoms with Crippen LogP contribution >= 0.6 is 0 Å². The maximum absolute atomic E-state index is 11.7. The zero-order valence-electron chi connectivity index (χ0n) is 11.4. The number of hydrogen-bond acceptors (Lipinski definition) is 4. The first-order valence-electron chi connectivity index (χ1n) is 6.76. The van der Waals surface area contributed by atoms with Gasteiger partial charge < -0.3 is 10.1 Å². The van der Waals surface area contributed by atoms with E-state index in [-0.39, 0.29) is 11.8 Å². The van der Waals surface area contributed by atoms with Crippen molar-refractivity contribution in [1.29, 1.82) is 0 Å². The highest BCUT2D eigenvalue weighted by Crippen LogP contribution is 2.18. The van der Waals surface area contributed by atoms with E-state index in [4.69, 9.17) is 4.74 Å². The van der Waals surface area contributed by atoms with Crippen LogP contribution in [0.3, 0.4) is 0 Å². The minimum atomic E-state index is -3.13. The van der Waals surface area contributed by atoms with Crippen LogP contribution in [0.25, 0.3) is 0 Å². The van der Waals surface area contributed by atoms with Gasteiger partial charge in [0.05, 0.1) is 5.75 Å². The number of hydrogen-bond donors (Lipinski definition) is 2. The molecule has 0 aromatic heterocycles. The molecule has 1 saturated carbocycles. The SMILES string of the molecule is COCCC(C)NS(=O)(=O)CCCCNC1CC1. The summed E-state index contributed by atoms with van der Waals surface area (Å²) in [5.41, 5.74) is 0. The van der Waals surface area contributed by atoms with Gasteiger partial charge in [-0.3, -0.25) is 0 Å². The van der Waals surface area contributed by atoms with E-state index in [1.807, 2.05) is 6.92 Å². The predicted molar refractivity (Wildman–Crippen MR) is 73.1 cm³/mol. The molecule has 1 atom stereocenters. The van der Waals surface area contributed by atoms with Crippen LogP contribution in [-0.4, -0.2) is 46.5 Å². The predicted octanol–water partition coefficient (Wildman–Crippen LogP) is 0.863. The van der Waals surface area contributed by atoms with Gasteiger partial charge in [-0.05, 0) is 45.6 Å². The van der Waals surface area contributed by atoms with Crippen molar-refractivity contribution >= 4 is 10.0 Å². The minimum absolute atomic E-state index is 0.0560. The average Bonchev–Trinajstić information content (AvgIpc) is 3.09. The van der Waals surface area contributed by atoms with Crippen LogP contribution in [-0.2, 0) is 14.8 Å². The quantitative estimate of drug-likeness (QED) is 0.550. The Hall–Kier alpha value is -0.170. The number of nitrogens with one attached hydrogen (secondary N) is 2. The third-order valence-electron chi connectivity index (χ3n) is 2.99. The van der Waals surface area contributed by atoms with E-state index >= 15 is 0 Å². The molecule has 0 radical (unpaired) electrons. The molecule has 2 N–H and O–H groups in total. The number of unbranched alkanes of at least 4 members (excludes halogenated alkanes) is 1. The van der Waals surface area contributed by atoms with Crippen LogP contribution in [0.5, 0.6) is 0 Å². The molecule has 0 spiro atoms. The fourth-order valence-corrected chi connectivity index (χ4v) is 3.16. The van der Waals surface area contributed by atoms with Crippen molar-refractivity contribution in [3.05, 3.63) is 0 Å². The molecule has 0 aromatic rings. The maximum Gasteiger partial charge on any atom is 0.211 e. The number of ether oxygens (including phenoxy) is 1. The second-order valence-corrected chi connectivity index (χ2v) is 6.93. The van der Waals surface area contributed by atoms with Crippen molar-refractivity contribution in [3.63, 3.8) is 0 Å². The molecule has 0 bridgehead atoms. The average molecular weight is 278 g/mol. The van der Waals surface area contributed by atoms with Gasteiger partial charge in [0.2, 0.25) is 10.0 Å². The van der Waals surface area contributed by atoms with Gasteiger partial charge in [-0.25, -0.2) is 13.1 Å². The van der Waals surface area contributed by atoms with Gasteiger partial charge >= 0.3 is 0 Å². The van der Waals surface area contributed by atoms with Gasteiger partial charge in [0.25, 0.3) is 0 Å². The van der Waals surface area contributed by atoms with Crippen LogP contribution in [0.4, 0.5) is 0 Å². The van der Waals surface area contributed by atoms with E-state index in [1.165, 1.54) is 12.8 Å². The van der Waals surface area contributed by atoms with Gasteiger partial charge in [0, 0.05) is 25.8 Å². The van der Waals surface area contributed by atoms with Gasteiger partial charge in [0.15, 0.2) is 0 Å². The van der Waals surface area contributed by atoms with E-state index in [0.717, 1.165) is 13.0 Å². The van der Waals surface area contributed by atoms with Crippen LogP contribution in [0.2, 0.25) is 0 Å². The number of rotatable bonds is 11. The molecular weight excluding hydrogens is 252 g/mol. The first kappa shape index (κ1) is 15.9. The van der Waals surface area contributed by atoms with Gasteiger partial charge in [-0.2, -0.15) is 0 Å². The van der Waals surface area contributed by atoms with Crippen molar-refractivity contribution in [2.24, 2.45) is 0 Å².